The van der Waals surface area contributed by atoms with Crippen molar-refractivity contribution in [1.29, 1.82) is 0 Å². The Bertz CT molecular complexity index is 1010. The van der Waals surface area contributed by atoms with E-state index >= 15 is 0 Å². The Morgan fingerprint density at radius 1 is 1.00 bits per heavy atom. The number of amides is 1. The van der Waals surface area contributed by atoms with Crippen molar-refractivity contribution in [1.82, 2.24) is 9.97 Å². The molecule has 1 aromatic heterocycles. The fourth-order valence-corrected chi connectivity index (χ4v) is 2.82. The first-order valence-corrected chi connectivity index (χ1v) is 9.09. The molecule has 3 rings (SSSR count). The first kappa shape index (κ1) is 19.2. The summed E-state index contributed by atoms with van der Waals surface area (Å²) in [5.41, 5.74) is 3.53. The third-order valence-electron chi connectivity index (χ3n) is 4.28. The highest BCUT2D eigenvalue weighted by Crippen LogP contribution is 2.19. The lowest BCUT2D eigenvalue weighted by Crippen LogP contribution is -2.16. The van der Waals surface area contributed by atoms with Gasteiger partial charge in [-0.2, -0.15) is 0 Å². The Balaban J connectivity index is 1.80. The van der Waals surface area contributed by atoms with Crippen LogP contribution in [0, 0.1) is 6.92 Å². The second-order valence-electron chi connectivity index (χ2n) is 6.41. The fraction of sp³-hybridized carbons (Fsp3) is 0.182. The van der Waals surface area contributed by atoms with E-state index in [4.69, 9.17) is 0 Å². The summed E-state index contributed by atoms with van der Waals surface area (Å²) < 4.78 is 0. The summed E-state index contributed by atoms with van der Waals surface area (Å²) in [6.07, 6.45) is 0.822. The van der Waals surface area contributed by atoms with E-state index in [2.05, 4.69) is 20.6 Å². The number of hydrogen-bond acceptors (Lipinski definition) is 5. The molecule has 6 heteroatoms. The van der Waals surface area contributed by atoms with Gasteiger partial charge in [0.25, 0.3) is 5.91 Å². The first-order chi connectivity index (χ1) is 13.5. The zero-order chi connectivity index (χ0) is 20.1. The standard InChI is InChI=1S/C22H22N4O2/c1-4-16-7-5-6-8-19(16)26-22(28)20-13-21(24-15(3)23-20)25-18-11-9-17(10-12-18)14(2)27/h5-13H,4H2,1-3H3,(H,26,28)(H,23,24,25). The maximum absolute atomic E-state index is 12.7. The van der Waals surface area contributed by atoms with Crippen LogP contribution in [0.2, 0.25) is 0 Å². The number of ketones is 1. The summed E-state index contributed by atoms with van der Waals surface area (Å²) in [4.78, 5) is 32.7. The Morgan fingerprint density at radius 2 is 1.71 bits per heavy atom. The number of aryl methyl sites for hydroxylation is 2. The maximum atomic E-state index is 12.7. The van der Waals surface area contributed by atoms with Crippen LogP contribution in [0.25, 0.3) is 0 Å². The average molecular weight is 374 g/mol. The number of Topliss-reactive ketones (excluding diaryl/α,β-unsaturated/α-hetero) is 1. The van der Waals surface area contributed by atoms with Crippen LogP contribution in [0.4, 0.5) is 17.2 Å². The molecule has 0 radical (unpaired) electrons. The predicted octanol–water partition coefficient (Wildman–Crippen LogP) is 4.55. The Morgan fingerprint density at radius 3 is 2.39 bits per heavy atom. The van der Waals surface area contributed by atoms with Crippen molar-refractivity contribution in [3.8, 4) is 0 Å². The molecule has 0 aliphatic rings. The van der Waals surface area contributed by atoms with Crippen LogP contribution in [-0.2, 0) is 6.42 Å². The van der Waals surface area contributed by atoms with E-state index in [1.54, 1.807) is 37.3 Å². The number of nitrogens with zero attached hydrogens (tertiary/aromatic N) is 2. The number of carbonyl (C=O) groups is 2. The molecule has 0 unspecified atom stereocenters. The van der Waals surface area contributed by atoms with Crippen molar-refractivity contribution < 1.29 is 9.59 Å². The summed E-state index contributed by atoms with van der Waals surface area (Å²) in [6, 6.07) is 16.4. The monoisotopic (exact) mass is 374 g/mol. The van der Waals surface area contributed by atoms with Gasteiger partial charge in [0.1, 0.15) is 17.3 Å². The predicted molar refractivity (Wildman–Crippen MR) is 110 cm³/mol. The highest BCUT2D eigenvalue weighted by atomic mass is 16.2. The van der Waals surface area contributed by atoms with Crippen molar-refractivity contribution in [2.75, 3.05) is 10.6 Å². The van der Waals surface area contributed by atoms with E-state index < -0.39 is 0 Å². The fourth-order valence-electron chi connectivity index (χ4n) is 2.82. The molecule has 6 nitrogen and oxygen atoms in total. The summed E-state index contributed by atoms with van der Waals surface area (Å²) in [5.74, 6) is 0.716. The van der Waals surface area contributed by atoms with Gasteiger partial charge in [0.2, 0.25) is 0 Å². The van der Waals surface area contributed by atoms with Crippen LogP contribution in [0.3, 0.4) is 0 Å². The summed E-state index contributed by atoms with van der Waals surface area (Å²) in [6.45, 7) is 5.30. The van der Waals surface area contributed by atoms with Crippen LogP contribution in [0.5, 0.6) is 0 Å². The SMILES string of the molecule is CCc1ccccc1NC(=O)c1cc(Nc2ccc(C(C)=O)cc2)nc(C)n1. The van der Waals surface area contributed by atoms with Crippen LogP contribution >= 0.6 is 0 Å². The normalized spacial score (nSPS) is 10.4. The maximum Gasteiger partial charge on any atom is 0.274 e. The zero-order valence-electron chi connectivity index (χ0n) is 16.1. The Labute approximate surface area is 164 Å². The van der Waals surface area contributed by atoms with Gasteiger partial charge in [0.15, 0.2) is 5.78 Å². The second kappa shape index (κ2) is 8.43. The Kier molecular flexibility index (Phi) is 5.79. The number of para-hydroxylation sites is 1. The molecule has 28 heavy (non-hydrogen) atoms. The number of nitrogens with one attached hydrogen (secondary N) is 2. The van der Waals surface area contributed by atoms with Gasteiger partial charge in [-0.15, -0.1) is 0 Å². The molecule has 0 saturated heterocycles. The molecule has 0 aliphatic heterocycles. The molecule has 1 heterocycles. The van der Waals surface area contributed by atoms with E-state index in [1.165, 1.54) is 6.92 Å². The molecule has 0 bridgehead atoms. The number of rotatable bonds is 6. The van der Waals surface area contributed by atoms with Gasteiger partial charge in [0.05, 0.1) is 0 Å². The molecule has 2 N–H and O–H groups in total. The van der Waals surface area contributed by atoms with Gasteiger partial charge in [-0.3, -0.25) is 9.59 Å². The average Bonchev–Trinajstić information content (AvgIpc) is 2.68. The van der Waals surface area contributed by atoms with Gasteiger partial charge in [-0.1, -0.05) is 25.1 Å². The van der Waals surface area contributed by atoms with Gasteiger partial charge in [0, 0.05) is 23.0 Å². The van der Waals surface area contributed by atoms with Crippen molar-refractivity contribution in [2.24, 2.45) is 0 Å². The zero-order valence-corrected chi connectivity index (χ0v) is 16.1. The van der Waals surface area contributed by atoms with E-state index in [9.17, 15) is 9.59 Å². The van der Waals surface area contributed by atoms with Crippen LogP contribution in [0.1, 0.15) is 46.1 Å². The molecule has 0 spiro atoms. The summed E-state index contributed by atoms with van der Waals surface area (Å²) in [5, 5.41) is 6.07. The second-order valence-corrected chi connectivity index (χ2v) is 6.41. The van der Waals surface area contributed by atoms with Crippen molar-refractivity contribution in [2.45, 2.75) is 27.2 Å². The number of anilines is 3. The van der Waals surface area contributed by atoms with Crippen LogP contribution in [0.15, 0.2) is 54.6 Å². The van der Waals surface area contributed by atoms with E-state index in [0.29, 0.717) is 17.2 Å². The number of benzene rings is 2. The van der Waals surface area contributed by atoms with Crippen molar-refractivity contribution in [3.63, 3.8) is 0 Å². The molecule has 0 aliphatic carbocycles. The minimum absolute atomic E-state index is 0.00995. The molecule has 0 atom stereocenters. The smallest absolute Gasteiger partial charge is 0.274 e. The topological polar surface area (TPSA) is 84.0 Å². The molecule has 142 valence electrons. The summed E-state index contributed by atoms with van der Waals surface area (Å²) in [7, 11) is 0. The summed E-state index contributed by atoms with van der Waals surface area (Å²) >= 11 is 0. The van der Waals surface area contributed by atoms with Gasteiger partial charge < -0.3 is 10.6 Å². The van der Waals surface area contributed by atoms with Crippen LogP contribution in [-0.4, -0.2) is 21.7 Å². The minimum Gasteiger partial charge on any atom is -0.340 e. The van der Waals surface area contributed by atoms with E-state index in [-0.39, 0.29) is 17.4 Å². The number of aromatic nitrogens is 2. The highest BCUT2D eigenvalue weighted by Gasteiger charge is 2.13. The Hall–Kier alpha value is -3.54. The third-order valence-corrected chi connectivity index (χ3v) is 4.28. The first-order valence-electron chi connectivity index (χ1n) is 9.09. The number of hydrogen-bond donors (Lipinski definition) is 2. The molecular formula is C22H22N4O2. The molecule has 3 aromatic rings. The van der Waals surface area contributed by atoms with E-state index in [1.807, 2.05) is 31.2 Å². The van der Waals surface area contributed by atoms with Crippen molar-refractivity contribution >= 4 is 28.9 Å². The minimum atomic E-state index is -0.290. The molecule has 2 aromatic carbocycles. The van der Waals surface area contributed by atoms with Gasteiger partial charge >= 0.3 is 0 Å². The van der Waals surface area contributed by atoms with Gasteiger partial charge in [-0.25, -0.2) is 9.97 Å². The van der Waals surface area contributed by atoms with Crippen molar-refractivity contribution in [3.05, 3.63) is 77.2 Å². The lowest BCUT2D eigenvalue weighted by Gasteiger charge is -2.11. The molecule has 0 fully saturated rings. The quantitative estimate of drug-likeness (QED) is 0.619. The molecule has 0 saturated carbocycles. The van der Waals surface area contributed by atoms with E-state index in [0.717, 1.165) is 23.4 Å². The lowest BCUT2D eigenvalue weighted by atomic mass is 10.1. The number of carbonyl (C=O) groups excluding carboxylic acids is 2. The van der Waals surface area contributed by atoms with Gasteiger partial charge in [-0.05, 0) is 56.2 Å². The third kappa shape index (κ3) is 4.59. The highest BCUT2D eigenvalue weighted by molar-refractivity contribution is 6.03. The molecular weight excluding hydrogens is 352 g/mol. The molecule has 1 amide bonds. The lowest BCUT2D eigenvalue weighted by molar-refractivity contribution is 0.101. The van der Waals surface area contributed by atoms with Crippen LogP contribution < -0.4 is 10.6 Å². The largest absolute Gasteiger partial charge is 0.340 e.